The van der Waals surface area contributed by atoms with Crippen LogP contribution in [-0.2, 0) is 9.53 Å². The monoisotopic (exact) mass is 507 g/mol. The van der Waals surface area contributed by atoms with Crippen molar-refractivity contribution in [2.45, 2.75) is 20.8 Å². The van der Waals surface area contributed by atoms with Gasteiger partial charge in [0.2, 0.25) is 5.91 Å². The normalized spacial score (nSPS) is 10.9. The molecule has 0 heterocycles. The Balaban J connectivity index is 2.05. The van der Waals surface area contributed by atoms with Gasteiger partial charge in [0.05, 0.1) is 12.2 Å². The fourth-order valence-electron chi connectivity index (χ4n) is 2.37. The van der Waals surface area contributed by atoms with Crippen LogP contribution in [0.1, 0.15) is 31.1 Å². The lowest BCUT2D eigenvalue weighted by molar-refractivity contribution is -0.123. The molecule has 0 aliphatic carbocycles. The predicted molar refractivity (Wildman–Crippen MR) is 130 cm³/mol. The molecule has 0 spiro atoms. The molecule has 0 radical (unpaired) electrons. The second-order valence-corrected chi connectivity index (χ2v) is 9.00. The molecule has 0 aliphatic heterocycles. The number of hydrogen-bond acceptors (Lipinski definition) is 5. The van der Waals surface area contributed by atoms with Gasteiger partial charge >= 0.3 is 0 Å². The maximum absolute atomic E-state index is 12.7. The van der Waals surface area contributed by atoms with Gasteiger partial charge in [-0.1, -0.05) is 42.8 Å². The molecule has 3 N–H and O–H groups in total. The Bertz CT molecular complexity index is 960. The van der Waals surface area contributed by atoms with Gasteiger partial charge in [-0.25, -0.2) is 0 Å². The Hall–Kier alpha value is -2.49. The van der Waals surface area contributed by atoms with E-state index in [1.54, 1.807) is 49.6 Å². The first-order chi connectivity index (χ1) is 14.6. The van der Waals surface area contributed by atoms with Crippen LogP contribution >= 0.6 is 28.1 Å². The molecule has 9 heteroatoms. The zero-order chi connectivity index (χ0) is 23.0. The summed E-state index contributed by atoms with van der Waals surface area (Å²) >= 11 is 8.65. The van der Waals surface area contributed by atoms with E-state index >= 15 is 0 Å². The number of thiocarbonyl (C=S) groups is 1. The average molecular weight is 508 g/mol. The minimum absolute atomic E-state index is 0.101. The van der Waals surface area contributed by atoms with Crippen molar-refractivity contribution in [3.8, 4) is 5.75 Å². The van der Waals surface area contributed by atoms with Crippen molar-refractivity contribution >= 4 is 56.4 Å². The Morgan fingerprint density at radius 1 is 1.03 bits per heavy atom. The third-order valence-corrected chi connectivity index (χ3v) is 4.72. The molecule has 31 heavy (non-hydrogen) atoms. The van der Waals surface area contributed by atoms with Crippen LogP contribution in [0.25, 0.3) is 0 Å². The van der Waals surface area contributed by atoms with E-state index in [1.807, 2.05) is 20.8 Å². The Labute approximate surface area is 196 Å². The van der Waals surface area contributed by atoms with Gasteiger partial charge in [-0.15, -0.1) is 0 Å². The first-order valence-electron chi connectivity index (χ1n) is 9.55. The molecular weight excluding hydrogens is 482 g/mol. The molecule has 2 aromatic rings. The Morgan fingerprint density at radius 2 is 1.71 bits per heavy atom. The van der Waals surface area contributed by atoms with E-state index in [9.17, 15) is 9.59 Å². The summed E-state index contributed by atoms with van der Waals surface area (Å²) < 4.78 is 11.3. The lowest BCUT2D eigenvalue weighted by Crippen LogP contribution is -2.34. The number of amides is 2. The van der Waals surface area contributed by atoms with Crippen LogP contribution < -0.4 is 20.7 Å². The zero-order valence-electron chi connectivity index (χ0n) is 17.9. The van der Waals surface area contributed by atoms with E-state index in [-0.39, 0.29) is 11.0 Å². The highest BCUT2D eigenvalue weighted by Crippen LogP contribution is 2.24. The van der Waals surface area contributed by atoms with Crippen molar-refractivity contribution in [3.63, 3.8) is 0 Å². The van der Waals surface area contributed by atoms with Gasteiger partial charge in [-0.05, 0) is 48.6 Å². The molecule has 2 rings (SSSR count). The first kappa shape index (κ1) is 24.8. The van der Waals surface area contributed by atoms with E-state index in [1.165, 1.54) is 0 Å². The predicted octanol–water partition coefficient (Wildman–Crippen LogP) is 4.59. The number of nitrogens with one attached hydrogen (secondary N) is 3. The molecule has 2 aromatic carbocycles. The van der Waals surface area contributed by atoms with Crippen molar-refractivity contribution in [3.05, 3.63) is 52.5 Å². The van der Waals surface area contributed by atoms with Crippen molar-refractivity contribution < 1.29 is 19.1 Å². The highest BCUT2D eigenvalue weighted by Gasteiger charge is 2.21. The van der Waals surface area contributed by atoms with Crippen LogP contribution in [0, 0.1) is 5.41 Å². The molecule has 0 unspecified atom stereocenters. The third kappa shape index (κ3) is 7.93. The van der Waals surface area contributed by atoms with Crippen molar-refractivity contribution in [2.75, 3.05) is 31.0 Å². The highest BCUT2D eigenvalue weighted by atomic mass is 79.9. The van der Waals surface area contributed by atoms with E-state index in [2.05, 4.69) is 31.9 Å². The molecule has 7 nitrogen and oxygen atoms in total. The summed E-state index contributed by atoms with van der Waals surface area (Å²) in [5.74, 6) is -0.0907. The van der Waals surface area contributed by atoms with Gasteiger partial charge in [0.15, 0.2) is 5.11 Å². The summed E-state index contributed by atoms with van der Waals surface area (Å²) in [5, 5.41) is 8.58. The maximum atomic E-state index is 12.7. The summed E-state index contributed by atoms with van der Waals surface area (Å²) in [4.78, 5) is 24.9. The molecule has 0 bridgehead atoms. The average Bonchev–Trinajstić information content (AvgIpc) is 2.68. The topological polar surface area (TPSA) is 88.7 Å². The molecule has 166 valence electrons. The summed E-state index contributed by atoms with van der Waals surface area (Å²) in [6.45, 7) is 6.23. The van der Waals surface area contributed by atoms with Gasteiger partial charge in [0.1, 0.15) is 12.4 Å². The van der Waals surface area contributed by atoms with Crippen LogP contribution in [-0.4, -0.2) is 37.3 Å². The first-order valence-corrected chi connectivity index (χ1v) is 10.8. The van der Waals surface area contributed by atoms with Crippen molar-refractivity contribution in [1.82, 2.24) is 5.32 Å². The van der Waals surface area contributed by atoms with Crippen LogP contribution in [0.4, 0.5) is 11.4 Å². The second kappa shape index (κ2) is 11.2. The number of anilines is 2. The van der Waals surface area contributed by atoms with Crippen LogP contribution in [0.3, 0.4) is 0 Å². The minimum atomic E-state index is -0.514. The number of carbonyl (C=O) groups excluding carboxylic acids is 2. The van der Waals surface area contributed by atoms with Gasteiger partial charge in [-0.2, -0.15) is 0 Å². The number of halogens is 1. The van der Waals surface area contributed by atoms with Crippen LogP contribution in [0.2, 0.25) is 0 Å². The number of rotatable bonds is 7. The van der Waals surface area contributed by atoms with Crippen LogP contribution in [0.15, 0.2) is 46.9 Å². The molecule has 0 saturated heterocycles. The zero-order valence-corrected chi connectivity index (χ0v) is 20.3. The maximum Gasteiger partial charge on any atom is 0.261 e. The minimum Gasteiger partial charge on any atom is -0.490 e. The number of ether oxygens (including phenoxy) is 2. The molecule has 0 fully saturated rings. The SMILES string of the molecule is COCCOc1ccc(Br)cc1C(=O)NC(=S)Nc1cccc(NC(=O)C(C)(C)C)c1. The van der Waals surface area contributed by atoms with Crippen molar-refractivity contribution in [1.29, 1.82) is 0 Å². The van der Waals surface area contributed by atoms with E-state index in [0.717, 1.165) is 4.47 Å². The molecule has 0 aliphatic rings. The fraction of sp³-hybridized carbons (Fsp3) is 0.318. The fourth-order valence-corrected chi connectivity index (χ4v) is 2.94. The number of methoxy groups -OCH3 is 1. The number of carbonyl (C=O) groups is 2. The third-order valence-electron chi connectivity index (χ3n) is 4.02. The Kier molecular flexibility index (Phi) is 8.97. The van der Waals surface area contributed by atoms with E-state index in [4.69, 9.17) is 21.7 Å². The summed E-state index contributed by atoms with van der Waals surface area (Å²) in [6.07, 6.45) is 0. The number of hydrogen-bond donors (Lipinski definition) is 3. The van der Waals surface area contributed by atoms with E-state index in [0.29, 0.717) is 35.9 Å². The summed E-state index contributed by atoms with van der Waals surface area (Å²) in [5.41, 5.74) is 1.07. The van der Waals surface area contributed by atoms with E-state index < -0.39 is 11.3 Å². The van der Waals surface area contributed by atoms with Gasteiger partial charge in [-0.3, -0.25) is 14.9 Å². The summed E-state index contributed by atoms with van der Waals surface area (Å²) in [6, 6.07) is 12.2. The van der Waals surface area contributed by atoms with Gasteiger partial charge in [0, 0.05) is 28.4 Å². The molecule has 2 amide bonds. The molecule has 0 atom stereocenters. The molecular formula is C22H26BrN3O4S. The molecule has 0 saturated carbocycles. The van der Waals surface area contributed by atoms with Crippen LogP contribution in [0.5, 0.6) is 5.75 Å². The number of benzene rings is 2. The highest BCUT2D eigenvalue weighted by molar-refractivity contribution is 9.10. The second-order valence-electron chi connectivity index (χ2n) is 7.67. The lowest BCUT2D eigenvalue weighted by Gasteiger charge is -2.18. The molecule has 0 aromatic heterocycles. The van der Waals surface area contributed by atoms with Crippen molar-refractivity contribution in [2.24, 2.45) is 5.41 Å². The smallest absolute Gasteiger partial charge is 0.261 e. The standard InChI is InChI=1S/C22H26BrN3O4S/c1-22(2,3)20(28)24-15-6-5-7-16(13-15)25-21(31)26-19(27)17-12-14(23)8-9-18(17)30-11-10-29-4/h5-9,12-13H,10-11H2,1-4H3,(H,24,28)(H2,25,26,27,31). The quantitative estimate of drug-likeness (QED) is 0.375. The largest absolute Gasteiger partial charge is 0.490 e. The summed E-state index contributed by atoms with van der Waals surface area (Å²) in [7, 11) is 1.58. The lowest BCUT2D eigenvalue weighted by atomic mass is 9.95. The van der Waals surface area contributed by atoms with Gasteiger partial charge < -0.3 is 20.1 Å². The van der Waals surface area contributed by atoms with Gasteiger partial charge in [0.25, 0.3) is 5.91 Å². The Morgan fingerprint density at radius 3 is 2.35 bits per heavy atom.